The van der Waals surface area contributed by atoms with Crippen molar-refractivity contribution >= 4 is 12.0 Å². The third kappa shape index (κ3) is 3.08. The number of rotatable bonds is 4. The number of hydrazine groups is 1. The van der Waals surface area contributed by atoms with Crippen LogP contribution < -0.4 is 10.4 Å². The van der Waals surface area contributed by atoms with Crippen LogP contribution in [0.1, 0.15) is 36.9 Å². The van der Waals surface area contributed by atoms with Gasteiger partial charge < -0.3 is 4.90 Å². The summed E-state index contributed by atoms with van der Waals surface area (Å²) in [5.74, 6) is 0. The quantitative estimate of drug-likeness (QED) is 0.918. The van der Waals surface area contributed by atoms with Gasteiger partial charge in [-0.1, -0.05) is 12.1 Å². The van der Waals surface area contributed by atoms with Crippen LogP contribution in [-0.2, 0) is 6.42 Å². The van der Waals surface area contributed by atoms with Crippen LogP contribution in [0.4, 0.5) is 5.69 Å². The molecule has 1 aliphatic carbocycles. The van der Waals surface area contributed by atoms with Crippen LogP contribution in [-0.4, -0.2) is 62.0 Å². The van der Waals surface area contributed by atoms with E-state index < -0.39 is 0 Å². The first-order chi connectivity index (χ1) is 11.7. The van der Waals surface area contributed by atoms with Crippen molar-refractivity contribution in [1.29, 1.82) is 0 Å². The molecular weight excluding hydrogens is 298 g/mol. The summed E-state index contributed by atoms with van der Waals surface area (Å²) in [5, 5.41) is 2.15. The Kier molecular flexibility index (Phi) is 4.57. The third-order valence-corrected chi connectivity index (χ3v) is 5.77. The van der Waals surface area contributed by atoms with Crippen molar-refractivity contribution in [3.63, 3.8) is 0 Å². The number of nitrogens with zero attached hydrogens (tertiary/aromatic N) is 4. The maximum absolute atomic E-state index is 4.80. The van der Waals surface area contributed by atoms with E-state index in [1.165, 1.54) is 49.2 Å². The van der Waals surface area contributed by atoms with Crippen molar-refractivity contribution in [2.45, 2.75) is 38.3 Å². The molecule has 130 valence electrons. The lowest BCUT2D eigenvalue weighted by atomic mass is 9.86. The molecule has 5 heteroatoms. The normalized spacial score (nSPS) is 25.6. The minimum Gasteiger partial charge on any atom is -0.304 e. The van der Waals surface area contributed by atoms with Gasteiger partial charge in [-0.25, -0.2) is 5.43 Å². The Labute approximate surface area is 145 Å². The zero-order chi connectivity index (χ0) is 16.5. The highest BCUT2D eigenvalue weighted by molar-refractivity contribution is 5.83. The van der Waals surface area contributed by atoms with Crippen LogP contribution in [0.2, 0.25) is 0 Å². The summed E-state index contributed by atoms with van der Waals surface area (Å²) in [6, 6.07) is 7.60. The van der Waals surface area contributed by atoms with Crippen LogP contribution in [0, 0.1) is 0 Å². The predicted molar refractivity (Wildman–Crippen MR) is 99.6 cm³/mol. The average molecular weight is 327 g/mol. The van der Waals surface area contributed by atoms with Crippen molar-refractivity contribution in [3.8, 4) is 0 Å². The lowest BCUT2D eigenvalue weighted by Crippen LogP contribution is -2.53. The van der Waals surface area contributed by atoms with Crippen LogP contribution in [0.15, 0.2) is 23.2 Å². The third-order valence-electron chi connectivity index (χ3n) is 5.77. The molecule has 1 N–H and O–H groups in total. The molecule has 24 heavy (non-hydrogen) atoms. The van der Waals surface area contributed by atoms with E-state index in [1.807, 2.05) is 6.34 Å². The Morgan fingerprint density at radius 1 is 1.25 bits per heavy atom. The van der Waals surface area contributed by atoms with Gasteiger partial charge in [-0.3, -0.25) is 14.9 Å². The van der Waals surface area contributed by atoms with Gasteiger partial charge in [0.15, 0.2) is 0 Å². The second kappa shape index (κ2) is 6.82. The fourth-order valence-electron chi connectivity index (χ4n) is 4.15. The predicted octanol–water partition coefficient (Wildman–Crippen LogP) is 2.05. The highest BCUT2D eigenvalue weighted by atomic mass is 15.5. The minimum atomic E-state index is 0.373. The second-order valence-electron chi connectivity index (χ2n) is 7.44. The zero-order valence-corrected chi connectivity index (χ0v) is 14.9. The van der Waals surface area contributed by atoms with Crippen molar-refractivity contribution in [2.75, 3.05) is 44.8 Å². The van der Waals surface area contributed by atoms with Crippen LogP contribution >= 0.6 is 0 Å². The molecule has 1 aromatic carbocycles. The molecule has 1 fully saturated rings. The number of aryl methyl sites for hydroxylation is 1. The summed E-state index contributed by atoms with van der Waals surface area (Å²) in [4.78, 5) is 9.79. The number of anilines is 1. The molecule has 2 atom stereocenters. The Morgan fingerprint density at radius 3 is 2.92 bits per heavy atom. The summed E-state index contributed by atoms with van der Waals surface area (Å²) in [6.07, 6.45) is 5.64. The number of benzene rings is 1. The van der Waals surface area contributed by atoms with Crippen molar-refractivity contribution < 1.29 is 0 Å². The largest absolute Gasteiger partial charge is 0.304 e. The number of hydrogen-bond acceptors (Lipinski definition) is 5. The molecule has 4 rings (SSSR count). The summed E-state index contributed by atoms with van der Waals surface area (Å²) < 4.78 is 0. The SMILES string of the molecule is CC(CNN1C=NC2CCCc3cccc1c32)N1CCN(C)CC1. The summed E-state index contributed by atoms with van der Waals surface area (Å²) in [5.41, 5.74) is 7.85. The van der Waals surface area contributed by atoms with Gasteiger partial charge in [-0.05, 0) is 44.9 Å². The van der Waals surface area contributed by atoms with E-state index in [0.29, 0.717) is 12.1 Å². The first-order valence-corrected chi connectivity index (χ1v) is 9.33. The van der Waals surface area contributed by atoms with Gasteiger partial charge in [0.2, 0.25) is 0 Å². The van der Waals surface area contributed by atoms with Gasteiger partial charge in [0.05, 0.1) is 11.7 Å². The molecule has 2 unspecified atom stereocenters. The number of aliphatic imine (C=N–C) groups is 1. The van der Waals surface area contributed by atoms with Crippen molar-refractivity contribution in [1.82, 2.24) is 15.2 Å². The van der Waals surface area contributed by atoms with Crippen molar-refractivity contribution in [2.24, 2.45) is 4.99 Å². The molecule has 2 heterocycles. The Bertz CT molecular complexity index is 606. The standard InChI is InChI=1S/C19H29N5/c1-15(23-11-9-22(2)10-12-23)13-21-24-14-20-17-7-3-5-16-6-4-8-18(24)19(16)17/h4,6,8,14-15,17,21H,3,5,7,9-13H2,1-2H3. The lowest BCUT2D eigenvalue weighted by molar-refractivity contribution is 0.118. The van der Waals surface area contributed by atoms with E-state index in [0.717, 1.165) is 19.6 Å². The van der Waals surface area contributed by atoms with Gasteiger partial charge in [0.25, 0.3) is 0 Å². The minimum absolute atomic E-state index is 0.373. The van der Waals surface area contributed by atoms with E-state index in [2.05, 4.69) is 52.4 Å². The molecule has 1 saturated heterocycles. The van der Waals surface area contributed by atoms with E-state index >= 15 is 0 Å². The van der Waals surface area contributed by atoms with E-state index in [-0.39, 0.29) is 0 Å². The molecule has 0 bridgehead atoms. The molecular formula is C19H29N5. The smallest absolute Gasteiger partial charge is 0.105 e. The molecule has 0 radical (unpaired) electrons. The zero-order valence-electron chi connectivity index (χ0n) is 14.9. The Morgan fingerprint density at radius 2 is 2.08 bits per heavy atom. The monoisotopic (exact) mass is 327 g/mol. The molecule has 0 saturated carbocycles. The average Bonchev–Trinajstić information content (AvgIpc) is 2.62. The maximum atomic E-state index is 4.80. The van der Waals surface area contributed by atoms with Crippen molar-refractivity contribution in [3.05, 3.63) is 29.3 Å². The summed E-state index contributed by atoms with van der Waals surface area (Å²) >= 11 is 0. The van der Waals surface area contributed by atoms with Crippen LogP contribution in [0.5, 0.6) is 0 Å². The number of hydrogen-bond donors (Lipinski definition) is 1. The molecule has 5 nitrogen and oxygen atoms in total. The highest BCUT2D eigenvalue weighted by Gasteiger charge is 2.28. The van der Waals surface area contributed by atoms with Gasteiger partial charge >= 0.3 is 0 Å². The molecule has 2 aliphatic heterocycles. The number of piperazine rings is 1. The number of likely N-dealkylation sites (N-methyl/N-ethyl adjacent to an activating group) is 1. The summed E-state index contributed by atoms with van der Waals surface area (Å²) in [6.45, 7) is 7.94. The fourth-order valence-corrected chi connectivity index (χ4v) is 4.15. The molecule has 3 aliphatic rings. The first kappa shape index (κ1) is 16.1. The Balaban J connectivity index is 1.42. The summed E-state index contributed by atoms with van der Waals surface area (Å²) in [7, 11) is 2.21. The van der Waals surface area contributed by atoms with Crippen LogP contribution in [0.3, 0.4) is 0 Å². The van der Waals surface area contributed by atoms with E-state index in [4.69, 9.17) is 4.99 Å². The van der Waals surface area contributed by atoms with Crippen LogP contribution in [0.25, 0.3) is 0 Å². The lowest BCUT2D eigenvalue weighted by Gasteiger charge is -2.38. The van der Waals surface area contributed by atoms with Gasteiger partial charge in [-0.2, -0.15) is 0 Å². The van der Waals surface area contributed by atoms with Gasteiger partial charge in [0, 0.05) is 44.3 Å². The first-order valence-electron chi connectivity index (χ1n) is 9.33. The van der Waals surface area contributed by atoms with E-state index in [9.17, 15) is 0 Å². The Hall–Kier alpha value is -1.43. The highest BCUT2D eigenvalue weighted by Crippen LogP contribution is 2.40. The van der Waals surface area contributed by atoms with E-state index in [1.54, 1.807) is 0 Å². The molecule has 0 spiro atoms. The van der Waals surface area contributed by atoms with Gasteiger partial charge in [0.1, 0.15) is 6.34 Å². The molecule has 1 aromatic rings. The second-order valence-corrected chi connectivity index (χ2v) is 7.44. The van der Waals surface area contributed by atoms with Gasteiger partial charge in [-0.15, -0.1) is 0 Å². The maximum Gasteiger partial charge on any atom is 0.105 e. The number of nitrogens with one attached hydrogen (secondary N) is 1. The fraction of sp³-hybridized carbons (Fsp3) is 0.632. The molecule has 0 aromatic heterocycles. The molecule has 0 amide bonds. The topological polar surface area (TPSA) is 34.1 Å².